The molecule has 6 nitrogen and oxygen atoms in total. The van der Waals surface area contributed by atoms with Crippen LogP contribution in [0.1, 0.15) is 5.56 Å². The molecule has 0 amide bonds. The molecule has 0 aliphatic heterocycles. The molecule has 0 saturated heterocycles. The molecule has 1 aromatic carbocycles. The summed E-state index contributed by atoms with van der Waals surface area (Å²) in [6.07, 6.45) is 4.84. The van der Waals surface area contributed by atoms with Crippen molar-refractivity contribution < 1.29 is 8.42 Å². The van der Waals surface area contributed by atoms with E-state index in [1.165, 1.54) is 0 Å². The lowest BCUT2D eigenvalue weighted by molar-refractivity contribution is 0.601. The first-order chi connectivity index (χ1) is 9.94. The molecule has 21 heavy (non-hydrogen) atoms. The van der Waals surface area contributed by atoms with E-state index in [-0.39, 0.29) is 10.7 Å². The number of imidazole rings is 1. The topological polar surface area (TPSA) is 76.4 Å². The molecule has 2 aromatic heterocycles. The fourth-order valence-corrected chi connectivity index (χ4v) is 3.15. The molecule has 0 unspecified atom stereocenters. The second kappa shape index (κ2) is 5.12. The van der Waals surface area contributed by atoms with Crippen LogP contribution in [-0.2, 0) is 10.0 Å². The first-order valence-corrected chi connectivity index (χ1v) is 8.31. The maximum absolute atomic E-state index is 12.3. The lowest BCUT2D eigenvalue weighted by atomic mass is 10.2. The van der Waals surface area contributed by atoms with Gasteiger partial charge in [0.1, 0.15) is 4.60 Å². The van der Waals surface area contributed by atoms with Crippen LogP contribution in [0.2, 0.25) is 0 Å². The number of hydrogen-bond donors (Lipinski definition) is 1. The number of benzene rings is 1. The molecule has 0 bridgehead atoms. The van der Waals surface area contributed by atoms with Crippen LogP contribution in [-0.4, -0.2) is 22.8 Å². The Morgan fingerprint density at radius 1 is 1.19 bits per heavy atom. The molecular formula is C13H11BrN4O2S. The van der Waals surface area contributed by atoms with Crippen molar-refractivity contribution in [3.05, 3.63) is 53.0 Å². The standard InChI is InChI=1S/C13H11BrN4O2S/c1-9-2-4-10(5-3-9)21(19,20)17-12-8-18-7-11(14)15-6-13(18)16-12/h2-8,17H,1H3. The van der Waals surface area contributed by atoms with Gasteiger partial charge in [-0.25, -0.2) is 18.4 Å². The average molecular weight is 367 g/mol. The molecule has 3 aromatic rings. The van der Waals surface area contributed by atoms with E-state index in [0.717, 1.165) is 5.56 Å². The molecule has 3 rings (SSSR count). The van der Waals surface area contributed by atoms with Crippen molar-refractivity contribution in [1.82, 2.24) is 14.4 Å². The number of rotatable bonds is 3. The Hall–Kier alpha value is -1.93. The van der Waals surface area contributed by atoms with Crippen LogP contribution in [0, 0.1) is 6.92 Å². The smallest absolute Gasteiger partial charge is 0.263 e. The van der Waals surface area contributed by atoms with E-state index in [9.17, 15) is 8.42 Å². The fraction of sp³-hybridized carbons (Fsp3) is 0.0769. The van der Waals surface area contributed by atoms with Gasteiger partial charge < -0.3 is 4.40 Å². The Kier molecular flexibility index (Phi) is 3.42. The van der Waals surface area contributed by atoms with Crippen LogP contribution in [0.5, 0.6) is 0 Å². The number of fused-ring (bicyclic) bond motifs is 1. The first kappa shape index (κ1) is 14.0. The number of nitrogens with zero attached hydrogens (tertiary/aromatic N) is 3. The molecule has 0 aliphatic rings. The van der Waals surface area contributed by atoms with Gasteiger partial charge in [0.05, 0.1) is 17.3 Å². The quantitative estimate of drug-likeness (QED) is 0.772. The predicted molar refractivity (Wildman–Crippen MR) is 82.7 cm³/mol. The summed E-state index contributed by atoms with van der Waals surface area (Å²) in [5.41, 5.74) is 1.55. The number of sulfonamides is 1. The van der Waals surface area contributed by atoms with E-state index in [0.29, 0.717) is 10.3 Å². The minimum atomic E-state index is -3.65. The SMILES string of the molecule is Cc1ccc(S(=O)(=O)Nc2cn3cc(Br)ncc3n2)cc1. The summed E-state index contributed by atoms with van der Waals surface area (Å²) in [5.74, 6) is 0.246. The number of anilines is 1. The van der Waals surface area contributed by atoms with Crippen LogP contribution in [0.3, 0.4) is 0 Å². The zero-order chi connectivity index (χ0) is 15.0. The molecule has 0 radical (unpaired) electrons. The van der Waals surface area contributed by atoms with Crippen molar-refractivity contribution in [3.8, 4) is 0 Å². The Morgan fingerprint density at radius 2 is 1.90 bits per heavy atom. The zero-order valence-electron chi connectivity index (χ0n) is 11.0. The third-order valence-corrected chi connectivity index (χ3v) is 4.66. The van der Waals surface area contributed by atoms with Crippen molar-refractivity contribution in [2.45, 2.75) is 11.8 Å². The Balaban J connectivity index is 1.95. The van der Waals surface area contributed by atoms with Gasteiger partial charge >= 0.3 is 0 Å². The molecule has 1 N–H and O–H groups in total. The highest BCUT2D eigenvalue weighted by Gasteiger charge is 2.15. The zero-order valence-corrected chi connectivity index (χ0v) is 13.4. The summed E-state index contributed by atoms with van der Waals surface area (Å²) >= 11 is 3.25. The third-order valence-electron chi connectivity index (χ3n) is 2.88. The van der Waals surface area contributed by atoms with Crippen LogP contribution in [0.15, 0.2) is 52.4 Å². The van der Waals surface area contributed by atoms with Gasteiger partial charge in [0.25, 0.3) is 10.0 Å². The second-order valence-corrected chi connectivity index (χ2v) is 7.02. The van der Waals surface area contributed by atoms with Crippen molar-refractivity contribution in [3.63, 3.8) is 0 Å². The van der Waals surface area contributed by atoms with Gasteiger partial charge in [0.2, 0.25) is 0 Å². The average Bonchev–Trinajstić information content (AvgIpc) is 2.79. The van der Waals surface area contributed by atoms with E-state index < -0.39 is 10.0 Å². The molecule has 0 saturated carbocycles. The third kappa shape index (κ3) is 2.91. The molecule has 0 aliphatic carbocycles. The first-order valence-electron chi connectivity index (χ1n) is 6.04. The van der Waals surface area contributed by atoms with Gasteiger partial charge in [-0.15, -0.1) is 0 Å². The molecule has 0 fully saturated rings. The van der Waals surface area contributed by atoms with Crippen LogP contribution in [0.4, 0.5) is 5.82 Å². The Labute approximate surface area is 130 Å². The van der Waals surface area contributed by atoms with Crippen molar-refractivity contribution in [2.24, 2.45) is 0 Å². The minimum absolute atomic E-state index is 0.199. The van der Waals surface area contributed by atoms with Gasteiger partial charge in [-0.05, 0) is 35.0 Å². The normalized spacial score (nSPS) is 11.7. The van der Waals surface area contributed by atoms with Gasteiger partial charge in [-0.3, -0.25) is 4.72 Å². The highest BCUT2D eigenvalue weighted by molar-refractivity contribution is 9.10. The largest absolute Gasteiger partial charge is 0.301 e. The monoisotopic (exact) mass is 366 g/mol. The Bertz CT molecular complexity index is 904. The van der Waals surface area contributed by atoms with E-state index in [1.807, 2.05) is 6.92 Å². The number of halogens is 1. The summed E-state index contributed by atoms with van der Waals surface area (Å²) in [7, 11) is -3.65. The van der Waals surface area contributed by atoms with Gasteiger partial charge in [0.15, 0.2) is 11.5 Å². The molecule has 8 heteroatoms. The van der Waals surface area contributed by atoms with Crippen molar-refractivity contribution >= 4 is 37.4 Å². The van der Waals surface area contributed by atoms with Crippen LogP contribution >= 0.6 is 15.9 Å². The van der Waals surface area contributed by atoms with Gasteiger partial charge in [-0.2, -0.15) is 0 Å². The van der Waals surface area contributed by atoms with E-state index in [4.69, 9.17) is 0 Å². The van der Waals surface area contributed by atoms with E-state index in [1.54, 1.807) is 47.3 Å². The second-order valence-electron chi connectivity index (χ2n) is 4.52. The molecule has 2 heterocycles. The maximum Gasteiger partial charge on any atom is 0.263 e. The summed E-state index contributed by atoms with van der Waals surface area (Å²) < 4.78 is 29.3. The van der Waals surface area contributed by atoms with Crippen LogP contribution in [0.25, 0.3) is 5.65 Å². The fourth-order valence-electron chi connectivity index (χ4n) is 1.84. The maximum atomic E-state index is 12.3. The molecule has 0 atom stereocenters. The summed E-state index contributed by atoms with van der Waals surface area (Å²) in [6.45, 7) is 1.90. The lowest BCUT2D eigenvalue weighted by Crippen LogP contribution is -2.13. The summed E-state index contributed by atoms with van der Waals surface area (Å²) in [6, 6.07) is 6.62. The van der Waals surface area contributed by atoms with Crippen molar-refractivity contribution in [2.75, 3.05) is 4.72 Å². The highest BCUT2D eigenvalue weighted by Crippen LogP contribution is 2.17. The number of aryl methyl sites for hydroxylation is 1. The van der Waals surface area contributed by atoms with E-state index >= 15 is 0 Å². The van der Waals surface area contributed by atoms with Crippen molar-refractivity contribution in [1.29, 1.82) is 0 Å². The molecule has 108 valence electrons. The summed E-state index contributed by atoms with van der Waals surface area (Å²) in [5, 5.41) is 0. The Morgan fingerprint density at radius 3 is 2.62 bits per heavy atom. The summed E-state index contributed by atoms with van der Waals surface area (Å²) in [4.78, 5) is 8.41. The number of nitrogens with one attached hydrogen (secondary N) is 1. The lowest BCUT2D eigenvalue weighted by Gasteiger charge is -2.05. The van der Waals surface area contributed by atoms with Gasteiger partial charge in [-0.1, -0.05) is 17.7 Å². The number of aromatic nitrogens is 3. The van der Waals surface area contributed by atoms with Crippen LogP contribution < -0.4 is 4.72 Å². The van der Waals surface area contributed by atoms with E-state index in [2.05, 4.69) is 30.6 Å². The highest BCUT2D eigenvalue weighted by atomic mass is 79.9. The predicted octanol–water partition coefficient (Wildman–Crippen LogP) is 2.60. The van der Waals surface area contributed by atoms with Gasteiger partial charge in [0, 0.05) is 6.20 Å². The number of hydrogen-bond acceptors (Lipinski definition) is 4. The minimum Gasteiger partial charge on any atom is -0.301 e. The molecular weight excluding hydrogens is 356 g/mol. The molecule has 0 spiro atoms.